The number of carbonyl (C=O) groups excluding carboxylic acids is 3. The third-order valence-corrected chi connectivity index (χ3v) is 3.01. The summed E-state index contributed by atoms with van der Waals surface area (Å²) in [6, 6.07) is 0.144. The third kappa shape index (κ3) is 4.97. The van der Waals surface area contributed by atoms with E-state index in [9.17, 15) is 14.4 Å². The molecule has 0 unspecified atom stereocenters. The summed E-state index contributed by atoms with van der Waals surface area (Å²) in [5.41, 5.74) is 0. The van der Waals surface area contributed by atoms with E-state index in [2.05, 4.69) is 5.32 Å². The second-order valence-electron chi connectivity index (χ2n) is 4.55. The van der Waals surface area contributed by atoms with E-state index in [1.54, 1.807) is 11.8 Å². The van der Waals surface area contributed by atoms with Gasteiger partial charge in [-0.05, 0) is 19.8 Å². The van der Waals surface area contributed by atoms with Gasteiger partial charge in [-0.3, -0.25) is 9.59 Å². The first-order valence-electron chi connectivity index (χ1n) is 6.03. The molecule has 5 nitrogen and oxygen atoms in total. The van der Waals surface area contributed by atoms with Gasteiger partial charge in [-0.2, -0.15) is 0 Å². The van der Waals surface area contributed by atoms with Crippen LogP contribution in [-0.2, 0) is 14.4 Å². The highest BCUT2D eigenvalue weighted by molar-refractivity contribution is 5.83. The lowest BCUT2D eigenvalue weighted by molar-refractivity contribution is -0.130. The molecule has 0 atom stereocenters. The van der Waals surface area contributed by atoms with Gasteiger partial charge in [0, 0.05) is 38.9 Å². The Balaban J connectivity index is 2.23. The van der Waals surface area contributed by atoms with Gasteiger partial charge >= 0.3 is 0 Å². The van der Waals surface area contributed by atoms with Gasteiger partial charge in [0.25, 0.3) is 0 Å². The van der Waals surface area contributed by atoms with E-state index in [0.717, 1.165) is 12.8 Å². The predicted molar refractivity (Wildman–Crippen MR) is 63.3 cm³/mol. The standard InChI is InChI=1S/C12H20N2O3/c1-9(15)3-4-12(17)13-11-5-7-14(8-6-11)10(2)16/h11H,3-8H2,1-2H3,(H,13,17). The van der Waals surface area contributed by atoms with E-state index in [-0.39, 0.29) is 30.1 Å². The summed E-state index contributed by atoms with van der Waals surface area (Å²) >= 11 is 0. The first kappa shape index (κ1) is 13.7. The maximum absolute atomic E-state index is 11.5. The molecule has 0 spiro atoms. The number of likely N-dealkylation sites (tertiary alicyclic amines) is 1. The Morgan fingerprint density at radius 1 is 1.12 bits per heavy atom. The van der Waals surface area contributed by atoms with E-state index in [4.69, 9.17) is 0 Å². The molecule has 1 heterocycles. The van der Waals surface area contributed by atoms with Crippen molar-refractivity contribution < 1.29 is 14.4 Å². The fourth-order valence-electron chi connectivity index (χ4n) is 1.93. The Labute approximate surface area is 102 Å². The Bertz CT molecular complexity index is 307. The highest BCUT2D eigenvalue weighted by atomic mass is 16.2. The zero-order chi connectivity index (χ0) is 12.8. The maximum Gasteiger partial charge on any atom is 0.220 e. The Kier molecular flexibility index (Phi) is 5.12. The van der Waals surface area contributed by atoms with Gasteiger partial charge < -0.3 is 15.0 Å². The molecule has 0 aliphatic carbocycles. The van der Waals surface area contributed by atoms with Gasteiger partial charge in [0.1, 0.15) is 5.78 Å². The van der Waals surface area contributed by atoms with E-state index < -0.39 is 0 Å². The third-order valence-electron chi connectivity index (χ3n) is 3.01. The lowest BCUT2D eigenvalue weighted by Gasteiger charge is -2.31. The van der Waals surface area contributed by atoms with Crippen molar-refractivity contribution >= 4 is 17.6 Å². The molecule has 1 aliphatic heterocycles. The van der Waals surface area contributed by atoms with Crippen LogP contribution in [0, 0.1) is 0 Å². The zero-order valence-electron chi connectivity index (χ0n) is 10.5. The Morgan fingerprint density at radius 2 is 1.71 bits per heavy atom. The number of nitrogens with one attached hydrogen (secondary N) is 1. The average molecular weight is 240 g/mol. The highest BCUT2D eigenvalue weighted by Crippen LogP contribution is 2.10. The van der Waals surface area contributed by atoms with Gasteiger partial charge in [-0.1, -0.05) is 0 Å². The fraction of sp³-hybridized carbons (Fsp3) is 0.750. The average Bonchev–Trinajstić information content (AvgIpc) is 2.27. The number of amides is 2. The maximum atomic E-state index is 11.5. The predicted octanol–water partition coefficient (Wildman–Crippen LogP) is 0.483. The van der Waals surface area contributed by atoms with Crippen LogP contribution in [0.1, 0.15) is 39.5 Å². The number of hydrogen-bond acceptors (Lipinski definition) is 3. The minimum absolute atomic E-state index is 0.0338. The van der Waals surface area contributed by atoms with Crippen molar-refractivity contribution in [2.24, 2.45) is 0 Å². The van der Waals surface area contributed by atoms with E-state index >= 15 is 0 Å². The van der Waals surface area contributed by atoms with Crippen molar-refractivity contribution in [2.45, 2.75) is 45.6 Å². The van der Waals surface area contributed by atoms with E-state index in [1.807, 2.05) is 0 Å². The lowest BCUT2D eigenvalue weighted by Crippen LogP contribution is -2.46. The van der Waals surface area contributed by atoms with Gasteiger partial charge in [-0.15, -0.1) is 0 Å². The van der Waals surface area contributed by atoms with Crippen LogP contribution in [0.3, 0.4) is 0 Å². The largest absolute Gasteiger partial charge is 0.353 e. The van der Waals surface area contributed by atoms with Crippen molar-refractivity contribution in [3.8, 4) is 0 Å². The molecule has 0 bridgehead atoms. The molecule has 1 saturated heterocycles. The summed E-state index contributed by atoms with van der Waals surface area (Å²) in [6.07, 6.45) is 2.16. The van der Waals surface area contributed by atoms with Gasteiger partial charge in [0.15, 0.2) is 0 Å². The number of rotatable bonds is 4. The zero-order valence-corrected chi connectivity index (χ0v) is 10.5. The normalized spacial score (nSPS) is 16.7. The van der Waals surface area contributed by atoms with Crippen LogP contribution in [0.15, 0.2) is 0 Å². The number of hydrogen-bond donors (Lipinski definition) is 1. The van der Waals surface area contributed by atoms with Crippen LogP contribution in [-0.4, -0.2) is 41.6 Å². The van der Waals surface area contributed by atoms with Gasteiger partial charge in [0.2, 0.25) is 11.8 Å². The summed E-state index contributed by atoms with van der Waals surface area (Å²) in [7, 11) is 0. The van der Waals surface area contributed by atoms with Crippen LogP contribution >= 0.6 is 0 Å². The van der Waals surface area contributed by atoms with Crippen LogP contribution < -0.4 is 5.32 Å². The van der Waals surface area contributed by atoms with E-state index in [0.29, 0.717) is 19.5 Å². The minimum atomic E-state index is -0.0681. The molecule has 0 radical (unpaired) electrons. The quantitative estimate of drug-likeness (QED) is 0.777. The first-order chi connectivity index (χ1) is 7.99. The lowest BCUT2D eigenvalue weighted by atomic mass is 10.0. The second kappa shape index (κ2) is 6.37. The van der Waals surface area contributed by atoms with Crippen LogP contribution in [0.4, 0.5) is 0 Å². The SMILES string of the molecule is CC(=O)CCC(=O)NC1CCN(C(C)=O)CC1. The first-order valence-corrected chi connectivity index (χ1v) is 6.03. The molecule has 17 heavy (non-hydrogen) atoms. The molecule has 1 rings (SSSR count). The monoisotopic (exact) mass is 240 g/mol. The molecular formula is C12H20N2O3. The number of ketones is 1. The topological polar surface area (TPSA) is 66.5 Å². The number of Topliss-reactive ketones (excluding diaryl/α,β-unsaturated/α-hetero) is 1. The van der Waals surface area contributed by atoms with Crippen molar-refractivity contribution in [3.05, 3.63) is 0 Å². The summed E-state index contributed by atoms with van der Waals surface area (Å²) in [6.45, 7) is 4.45. The van der Waals surface area contributed by atoms with Crippen molar-refractivity contribution in [1.82, 2.24) is 10.2 Å². The van der Waals surface area contributed by atoms with Crippen LogP contribution in [0.5, 0.6) is 0 Å². The molecule has 0 aromatic rings. The summed E-state index contributed by atoms with van der Waals surface area (Å²) in [4.78, 5) is 35.1. The summed E-state index contributed by atoms with van der Waals surface area (Å²) in [5, 5.41) is 2.90. The van der Waals surface area contributed by atoms with Crippen molar-refractivity contribution in [2.75, 3.05) is 13.1 Å². The molecular weight excluding hydrogens is 220 g/mol. The number of piperidine rings is 1. The Hall–Kier alpha value is -1.39. The van der Waals surface area contributed by atoms with E-state index in [1.165, 1.54) is 6.92 Å². The van der Waals surface area contributed by atoms with Crippen molar-refractivity contribution in [1.29, 1.82) is 0 Å². The summed E-state index contributed by atoms with van der Waals surface area (Å²) < 4.78 is 0. The van der Waals surface area contributed by atoms with Gasteiger partial charge in [0.05, 0.1) is 0 Å². The molecule has 0 aromatic heterocycles. The second-order valence-corrected chi connectivity index (χ2v) is 4.55. The summed E-state index contributed by atoms with van der Waals surface area (Å²) in [5.74, 6) is 0.0550. The van der Waals surface area contributed by atoms with Crippen LogP contribution in [0.25, 0.3) is 0 Å². The van der Waals surface area contributed by atoms with Crippen LogP contribution in [0.2, 0.25) is 0 Å². The number of nitrogens with zero attached hydrogens (tertiary/aromatic N) is 1. The molecule has 0 aromatic carbocycles. The minimum Gasteiger partial charge on any atom is -0.353 e. The Morgan fingerprint density at radius 3 is 2.18 bits per heavy atom. The van der Waals surface area contributed by atoms with Crippen molar-refractivity contribution in [3.63, 3.8) is 0 Å². The molecule has 0 saturated carbocycles. The number of carbonyl (C=O) groups is 3. The molecule has 5 heteroatoms. The molecule has 96 valence electrons. The smallest absolute Gasteiger partial charge is 0.220 e. The van der Waals surface area contributed by atoms with Gasteiger partial charge in [-0.25, -0.2) is 0 Å². The molecule has 1 fully saturated rings. The molecule has 1 N–H and O–H groups in total. The molecule has 1 aliphatic rings. The highest BCUT2D eigenvalue weighted by Gasteiger charge is 2.21. The molecule has 2 amide bonds. The fourth-order valence-corrected chi connectivity index (χ4v) is 1.93.